The summed E-state index contributed by atoms with van der Waals surface area (Å²) in [6.45, 7) is 3.56. The molecule has 3 aromatic rings. The highest BCUT2D eigenvalue weighted by molar-refractivity contribution is 7.09. The fraction of sp³-hybridized carbons (Fsp3) is 0.385. The molecular formula is C26H33N3O3S. The monoisotopic (exact) mass is 467 g/mol. The molecule has 0 aliphatic carbocycles. The lowest BCUT2D eigenvalue weighted by molar-refractivity contribution is 0.279. The van der Waals surface area contributed by atoms with Gasteiger partial charge in [-0.05, 0) is 80.6 Å². The number of amidine groups is 1. The molecule has 0 spiro atoms. The van der Waals surface area contributed by atoms with Gasteiger partial charge in [-0.25, -0.2) is 4.98 Å². The van der Waals surface area contributed by atoms with E-state index < -0.39 is 0 Å². The molecule has 0 aliphatic rings. The highest BCUT2D eigenvalue weighted by Gasteiger charge is 2.05. The van der Waals surface area contributed by atoms with Crippen molar-refractivity contribution in [1.29, 1.82) is 0 Å². The van der Waals surface area contributed by atoms with Crippen molar-refractivity contribution in [3.8, 4) is 22.8 Å². The third-order valence-electron chi connectivity index (χ3n) is 5.28. The Bertz CT molecular complexity index is 985. The predicted octanol–water partition coefficient (Wildman–Crippen LogP) is 6.27. The standard InChI is InChI=1S/C26H33N3O3S/c1-2-3-5-8-25-28-24(19-33-25)20-9-13-22(14-10-20)31-17-6-4-7-18-32-23-15-11-21(12-16-23)26(27)29-30/h9-16,19,30H,2-8,17-18H2,1H3,(H2,27,29). The van der Waals surface area contributed by atoms with Gasteiger partial charge < -0.3 is 20.4 Å². The molecule has 2 aromatic carbocycles. The van der Waals surface area contributed by atoms with Gasteiger partial charge in [-0.3, -0.25) is 0 Å². The van der Waals surface area contributed by atoms with Crippen LogP contribution in [0.2, 0.25) is 0 Å². The minimum Gasteiger partial charge on any atom is -0.494 e. The topological polar surface area (TPSA) is 90.0 Å². The Morgan fingerprint density at radius 1 is 0.909 bits per heavy atom. The highest BCUT2D eigenvalue weighted by Crippen LogP contribution is 2.25. The summed E-state index contributed by atoms with van der Waals surface area (Å²) < 4.78 is 11.6. The molecule has 0 fully saturated rings. The number of unbranched alkanes of at least 4 members (excludes halogenated alkanes) is 4. The zero-order valence-corrected chi connectivity index (χ0v) is 20.0. The number of oxime groups is 1. The van der Waals surface area contributed by atoms with Crippen LogP contribution in [-0.4, -0.2) is 29.2 Å². The first-order valence-electron chi connectivity index (χ1n) is 11.6. The van der Waals surface area contributed by atoms with Gasteiger partial charge in [0.05, 0.1) is 23.9 Å². The Balaban J connectivity index is 1.30. The van der Waals surface area contributed by atoms with Gasteiger partial charge in [0.25, 0.3) is 0 Å². The van der Waals surface area contributed by atoms with E-state index in [4.69, 9.17) is 25.4 Å². The van der Waals surface area contributed by atoms with Crippen LogP contribution in [0.4, 0.5) is 0 Å². The second-order valence-electron chi connectivity index (χ2n) is 7.88. The summed E-state index contributed by atoms with van der Waals surface area (Å²) in [4.78, 5) is 4.77. The van der Waals surface area contributed by atoms with Crippen molar-refractivity contribution in [3.63, 3.8) is 0 Å². The van der Waals surface area contributed by atoms with Crippen LogP contribution in [0.25, 0.3) is 11.3 Å². The summed E-state index contributed by atoms with van der Waals surface area (Å²) in [7, 11) is 0. The van der Waals surface area contributed by atoms with Gasteiger partial charge in [0.15, 0.2) is 5.84 Å². The van der Waals surface area contributed by atoms with E-state index >= 15 is 0 Å². The average molecular weight is 468 g/mol. The zero-order valence-electron chi connectivity index (χ0n) is 19.2. The average Bonchev–Trinajstić information content (AvgIpc) is 3.33. The molecule has 1 aromatic heterocycles. The van der Waals surface area contributed by atoms with Crippen molar-refractivity contribution < 1.29 is 14.7 Å². The van der Waals surface area contributed by atoms with Crippen molar-refractivity contribution in [1.82, 2.24) is 4.98 Å². The van der Waals surface area contributed by atoms with Gasteiger partial charge in [-0.1, -0.05) is 24.9 Å². The molecule has 176 valence electrons. The predicted molar refractivity (Wildman–Crippen MR) is 135 cm³/mol. The normalized spacial score (nSPS) is 11.5. The molecular weight excluding hydrogens is 434 g/mol. The van der Waals surface area contributed by atoms with Crippen LogP contribution in [0.15, 0.2) is 59.1 Å². The molecule has 0 aliphatic heterocycles. The highest BCUT2D eigenvalue weighted by atomic mass is 32.1. The third kappa shape index (κ3) is 8.09. The van der Waals surface area contributed by atoms with Crippen LogP contribution in [-0.2, 0) is 6.42 Å². The summed E-state index contributed by atoms with van der Waals surface area (Å²) in [6.07, 6.45) is 7.74. The smallest absolute Gasteiger partial charge is 0.170 e. The molecule has 0 saturated carbocycles. The number of benzene rings is 2. The summed E-state index contributed by atoms with van der Waals surface area (Å²) in [5.41, 5.74) is 8.40. The quantitative estimate of drug-likeness (QED) is 0.0959. The molecule has 0 saturated heterocycles. The van der Waals surface area contributed by atoms with Gasteiger partial charge in [-0.2, -0.15) is 0 Å². The van der Waals surface area contributed by atoms with E-state index in [9.17, 15) is 0 Å². The number of nitrogens with two attached hydrogens (primary N) is 1. The van der Waals surface area contributed by atoms with Crippen molar-refractivity contribution in [2.75, 3.05) is 13.2 Å². The van der Waals surface area contributed by atoms with E-state index in [1.165, 1.54) is 24.3 Å². The minimum absolute atomic E-state index is 0.0891. The van der Waals surface area contributed by atoms with Crippen LogP contribution < -0.4 is 15.2 Å². The Hall–Kier alpha value is -3.06. The third-order valence-corrected chi connectivity index (χ3v) is 6.19. The van der Waals surface area contributed by atoms with E-state index in [-0.39, 0.29) is 5.84 Å². The maximum atomic E-state index is 8.68. The van der Waals surface area contributed by atoms with E-state index in [1.54, 1.807) is 23.5 Å². The summed E-state index contributed by atoms with van der Waals surface area (Å²) in [5, 5.41) is 15.0. The summed E-state index contributed by atoms with van der Waals surface area (Å²) >= 11 is 1.75. The maximum Gasteiger partial charge on any atom is 0.170 e. The number of rotatable bonds is 14. The van der Waals surface area contributed by atoms with Gasteiger partial charge in [0.1, 0.15) is 11.5 Å². The lowest BCUT2D eigenvalue weighted by Gasteiger charge is -2.08. The van der Waals surface area contributed by atoms with Crippen molar-refractivity contribution in [2.24, 2.45) is 10.9 Å². The number of thiazole rings is 1. The number of aryl methyl sites for hydroxylation is 1. The molecule has 0 atom stereocenters. The number of hydrogen-bond acceptors (Lipinski definition) is 6. The van der Waals surface area contributed by atoms with Gasteiger partial charge in [-0.15, -0.1) is 11.3 Å². The van der Waals surface area contributed by atoms with Crippen molar-refractivity contribution in [3.05, 3.63) is 64.5 Å². The minimum atomic E-state index is 0.0891. The van der Waals surface area contributed by atoms with Gasteiger partial charge in [0.2, 0.25) is 0 Å². The first-order chi connectivity index (χ1) is 16.2. The lowest BCUT2D eigenvalue weighted by atomic mass is 10.1. The fourth-order valence-electron chi connectivity index (χ4n) is 3.35. The Morgan fingerprint density at radius 3 is 2.15 bits per heavy atom. The van der Waals surface area contributed by atoms with E-state index in [1.807, 2.05) is 24.3 Å². The number of ether oxygens (including phenoxy) is 2. The lowest BCUT2D eigenvalue weighted by Crippen LogP contribution is -2.12. The molecule has 3 rings (SSSR count). The number of hydrogen-bond donors (Lipinski definition) is 2. The van der Waals surface area contributed by atoms with Crippen LogP contribution in [0, 0.1) is 0 Å². The Morgan fingerprint density at radius 2 is 1.55 bits per heavy atom. The van der Waals surface area contributed by atoms with Crippen LogP contribution in [0.1, 0.15) is 56.0 Å². The molecule has 0 radical (unpaired) electrons. The molecule has 33 heavy (non-hydrogen) atoms. The van der Waals surface area contributed by atoms with Gasteiger partial charge in [0, 0.05) is 16.5 Å². The van der Waals surface area contributed by atoms with Crippen molar-refractivity contribution in [2.45, 2.75) is 51.9 Å². The maximum absolute atomic E-state index is 8.68. The van der Waals surface area contributed by atoms with Gasteiger partial charge >= 0.3 is 0 Å². The summed E-state index contributed by atoms with van der Waals surface area (Å²) in [6, 6.07) is 15.4. The SMILES string of the molecule is CCCCCc1nc(-c2ccc(OCCCCCOc3ccc(C(N)=NO)cc3)cc2)cs1. The first-order valence-corrected chi connectivity index (χ1v) is 12.5. The zero-order chi connectivity index (χ0) is 23.3. The fourth-order valence-corrected chi connectivity index (χ4v) is 4.20. The molecule has 0 bridgehead atoms. The number of nitrogens with zero attached hydrogens (tertiary/aromatic N) is 2. The first kappa shape index (κ1) is 24.6. The second kappa shape index (κ2) is 13.5. The largest absolute Gasteiger partial charge is 0.494 e. The molecule has 0 amide bonds. The molecule has 1 heterocycles. The van der Waals surface area contributed by atoms with E-state index in [0.29, 0.717) is 18.8 Å². The number of aromatic nitrogens is 1. The Labute approximate surface area is 200 Å². The van der Waals surface area contributed by atoms with Crippen LogP contribution in [0.3, 0.4) is 0 Å². The molecule has 6 nitrogen and oxygen atoms in total. The Kier molecular flexibility index (Phi) is 10.0. The van der Waals surface area contributed by atoms with Crippen LogP contribution >= 0.6 is 11.3 Å². The summed E-state index contributed by atoms with van der Waals surface area (Å²) in [5.74, 6) is 1.75. The van der Waals surface area contributed by atoms with E-state index in [0.717, 1.165) is 48.4 Å². The van der Waals surface area contributed by atoms with E-state index in [2.05, 4.69) is 29.6 Å². The second-order valence-corrected chi connectivity index (χ2v) is 8.82. The molecule has 3 N–H and O–H groups in total. The van der Waals surface area contributed by atoms with Crippen molar-refractivity contribution >= 4 is 17.2 Å². The molecule has 0 unspecified atom stereocenters. The van der Waals surface area contributed by atoms with Crippen LogP contribution in [0.5, 0.6) is 11.5 Å². The molecule has 7 heteroatoms.